The Morgan fingerprint density at radius 3 is 2.75 bits per heavy atom. The Labute approximate surface area is 166 Å². The number of hydrogen-bond donors (Lipinski definition) is 2. The number of aromatic nitrogens is 5. The van der Waals surface area contributed by atoms with Crippen molar-refractivity contribution in [3.63, 3.8) is 0 Å². The van der Waals surface area contributed by atoms with Gasteiger partial charge in [0.2, 0.25) is 5.91 Å². The van der Waals surface area contributed by atoms with E-state index in [4.69, 9.17) is 16.7 Å². The molecule has 0 bridgehead atoms. The molecule has 0 aliphatic carbocycles. The Kier molecular flexibility index (Phi) is 4.67. The lowest BCUT2D eigenvalue weighted by Crippen LogP contribution is -2.09. The zero-order valence-corrected chi connectivity index (χ0v) is 16.0. The molecule has 7 nitrogen and oxygen atoms in total. The predicted molar refractivity (Wildman–Crippen MR) is 108 cm³/mol. The maximum atomic E-state index is 11.4. The number of pyridine rings is 1. The molecule has 4 rings (SSSR count). The minimum atomic E-state index is -0.184. The van der Waals surface area contributed by atoms with Gasteiger partial charge in [0.15, 0.2) is 0 Å². The van der Waals surface area contributed by atoms with Crippen molar-refractivity contribution >= 4 is 23.3 Å². The van der Waals surface area contributed by atoms with Crippen molar-refractivity contribution in [3.8, 4) is 28.3 Å². The van der Waals surface area contributed by atoms with Crippen molar-refractivity contribution in [2.75, 3.05) is 5.32 Å². The molecule has 1 aromatic carbocycles. The van der Waals surface area contributed by atoms with Crippen LogP contribution in [-0.4, -0.2) is 30.6 Å². The van der Waals surface area contributed by atoms with Gasteiger partial charge in [0.05, 0.1) is 16.3 Å². The first-order valence-corrected chi connectivity index (χ1v) is 8.99. The van der Waals surface area contributed by atoms with Crippen LogP contribution in [0.1, 0.15) is 12.5 Å². The first-order chi connectivity index (χ1) is 13.5. The zero-order valence-electron chi connectivity index (χ0n) is 15.3. The molecule has 0 saturated carbocycles. The summed E-state index contributed by atoms with van der Waals surface area (Å²) >= 11 is 6.42. The Morgan fingerprint density at radius 2 is 2.04 bits per heavy atom. The van der Waals surface area contributed by atoms with Crippen LogP contribution in [0.4, 0.5) is 5.82 Å². The van der Waals surface area contributed by atoms with Gasteiger partial charge in [-0.25, -0.2) is 14.6 Å². The number of rotatable bonds is 4. The summed E-state index contributed by atoms with van der Waals surface area (Å²) in [6.07, 6.45) is 7.03. The third-order valence-electron chi connectivity index (χ3n) is 4.22. The zero-order chi connectivity index (χ0) is 19.7. The normalized spacial score (nSPS) is 10.8. The van der Waals surface area contributed by atoms with E-state index >= 15 is 0 Å². The Hall–Kier alpha value is -3.45. The molecule has 3 aromatic heterocycles. The molecular formula is C20H17ClN6O. The van der Waals surface area contributed by atoms with Crippen molar-refractivity contribution < 1.29 is 4.79 Å². The summed E-state index contributed by atoms with van der Waals surface area (Å²) in [4.78, 5) is 23.1. The highest BCUT2D eigenvalue weighted by Crippen LogP contribution is 2.34. The molecule has 1 amide bonds. The highest BCUT2D eigenvalue weighted by Gasteiger charge is 2.18. The lowest BCUT2D eigenvalue weighted by molar-refractivity contribution is -0.114. The van der Waals surface area contributed by atoms with Gasteiger partial charge in [-0.2, -0.15) is 5.10 Å². The first-order valence-electron chi connectivity index (χ1n) is 8.62. The van der Waals surface area contributed by atoms with Gasteiger partial charge in [-0.3, -0.25) is 4.79 Å². The van der Waals surface area contributed by atoms with Crippen molar-refractivity contribution in [1.82, 2.24) is 24.7 Å². The van der Waals surface area contributed by atoms with Gasteiger partial charge < -0.3 is 10.3 Å². The van der Waals surface area contributed by atoms with Gasteiger partial charge >= 0.3 is 0 Å². The van der Waals surface area contributed by atoms with Crippen molar-refractivity contribution in [2.45, 2.75) is 13.8 Å². The number of aromatic amines is 1. The molecular weight excluding hydrogens is 376 g/mol. The fourth-order valence-corrected chi connectivity index (χ4v) is 3.17. The molecule has 140 valence electrons. The number of hydrogen-bond acceptors (Lipinski definition) is 4. The van der Waals surface area contributed by atoms with Gasteiger partial charge in [-0.15, -0.1) is 0 Å². The molecule has 8 heteroatoms. The smallest absolute Gasteiger partial charge is 0.222 e. The van der Waals surface area contributed by atoms with E-state index in [1.165, 1.54) is 6.92 Å². The van der Waals surface area contributed by atoms with E-state index in [0.717, 1.165) is 22.4 Å². The monoisotopic (exact) mass is 392 g/mol. The number of halogens is 1. The molecule has 0 spiro atoms. The maximum absolute atomic E-state index is 11.4. The molecule has 0 fully saturated rings. The van der Waals surface area contributed by atoms with E-state index < -0.39 is 0 Å². The molecule has 0 atom stereocenters. The first kappa shape index (κ1) is 17.9. The van der Waals surface area contributed by atoms with Crippen LogP contribution in [0.3, 0.4) is 0 Å². The van der Waals surface area contributed by atoms with Gasteiger partial charge in [-0.1, -0.05) is 29.8 Å². The standard InChI is InChI=1S/C20H17ClN6O/c1-12-10-24-18(25-13(2)28)9-17(12)27-11-15(20-22-7-8-23-20)19(26-27)14-5-3-4-6-16(14)21/h3-11H,1-2H3,(H,22,23)(H,24,25,28). The van der Waals surface area contributed by atoms with E-state index in [9.17, 15) is 4.79 Å². The highest BCUT2D eigenvalue weighted by atomic mass is 35.5. The van der Waals surface area contributed by atoms with Gasteiger partial charge in [-0.05, 0) is 18.6 Å². The van der Waals surface area contributed by atoms with Crippen molar-refractivity contribution in [1.29, 1.82) is 0 Å². The lowest BCUT2D eigenvalue weighted by atomic mass is 10.1. The lowest BCUT2D eigenvalue weighted by Gasteiger charge is -2.08. The van der Waals surface area contributed by atoms with Gasteiger partial charge in [0, 0.05) is 43.3 Å². The summed E-state index contributed by atoms with van der Waals surface area (Å²) in [6.45, 7) is 3.38. The summed E-state index contributed by atoms with van der Waals surface area (Å²) in [5.41, 5.74) is 4.04. The van der Waals surface area contributed by atoms with Crippen LogP contribution in [0, 0.1) is 6.92 Å². The fourth-order valence-electron chi connectivity index (χ4n) is 2.94. The van der Waals surface area contributed by atoms with Gasteiger partial charge in [0.1, 0.15) is 17.3 Å². The van der Waals surface area contributed by atoms with E-state index in [0.29, 0.717) is 22.4 Å². The Morgan fingerprint density at radius 1 is 1.21 bits per heavy atom. The maximum Gasteiger partial charge on any atom is 0.222 e. The van der Waals surface area contributed by atoms with E-state index in [1.54, 1.807) is 29.3 Å². The molecule has 3 heterocycles. The average Bonchev–Trinajstić information content (AvgIpc) is 3.32. The molecule has 0 radical (unpaired) electrons. The van der Waals surface area contributed by atoms with Crippen LogP contribution >= 0.6 is 11.6 Å². The van der Waals surface area contributed by atoms with Crippen LogP contribution in [0.15, 0.2) is 55.1 Å². The van der Waals surface area contributed by atoms with Crippen molar-refractivity contribution in [3.05, 3.63) is 65.7 Å². The number of nitrogens with one attached hydrogen (secondary N) is 2. The fraction of sp³-hybridized carbons (Fsp3) is 0.100. The van der Waals surface area contributed by atoms with E-state index in [1.807, 2.05) is 37.4 Å². The molecule has 4 aromatic rings. The number of aryl methyl sites for hydroxylation is 1. The largest absolute Gasteiger partial charge is 0.345 e. The minimum Gasteiger partial charge on any atom is -0.345 e. The highest BCUT2D eigenvalue weighted by molar-refractivity contribution is 6.33. The summed E-state index contributed by atoms with van der Waals surface area (Å²) in [6, 6.07) is 9.32. The minimum absolute atomic E-state index is 0.184. The van der Waals surface area contributed by atoms with Crippen LogP contribution in [0.2, 0.25) is 5.02 Å². The summed E-state index contributed by atoms with van der Waals surface area (Å²) in [7, 11) is 0. The predicted octanol–water partition coefficient (Wildman–Crippen LogP) is 4.24. The number of H-pyrrole nitrogens is 1. The molecule has 0 saturated heterocycles. The topological polar surface area (TPSA) is 88.5 Å². The number of carbonyl (C=O) groups excluding carboxylic acids is 1. The number of anilines is 1. The number of imidazole rings is 1. The van der Waals surface area contributed by atoms with Crippen LogP contribution < -0.4 is 5.32 Å². The number of amides is 1. The Balaban J connectivity index is 1.90. The van der Waals surface area contributed by atoms with Crippen LogP contribution in [-0.2, 0) is 4.79 Å². The SMILES string of the molecule is CC(=O)Nc1cc(-n2cc(-c3ncc[nH]3)c(-c3ccccc3Cl)n2)c(C)cn1. The Bertz CT molecular complexity index is 1150. The molecule has 0 aliphatic rings. The summed E-state index contributed by atoms with van der Waals surface area (Å²) in [5.74, 6) is 0.966. The molecule has 0 aliphatic heterocycles. The van der Waals surface area contributed by atoms with Gasteiger partial charge in [0.25, 0.3) is 0 Å². The van der Waals surface area contributed by atoms with Crippen molar-refractivity contribution in [2.24, 2.45) is 0 Å². The molecule has 0 unspecified atom stereocenters. The third kappa shape index (κ3) is 3.39. The quantitative estimate of drug-likeness (QED) is 0.543. The number of carbonyl (C=O) groups is 1. The molecule has 2 N–H and O–H groups in total. The van der Waals surface area contributed by atoms with Crippen LogP contribution in [0.25, 0.3) is 28.3 Å². The second-order valence-electron chi connectivity index (χ2n) is 6.29. The van der Waals surface area contributed by atoms with E-state index in [-0.39, 0.29) is 5.91 Å². The van der Waals surface area contributed by atoms with Crippen LogP contribution in [0.5, 0.6) is 0 Å². The third-order valence-corrected chi connectivity index (χ3v) is 4.55. The number of nitrogens with zero attached hydrogens (tertiary/aromatic N) is 4. The molecule has 28 heavy (non-hydrogen) atoms. The summed E-state index contributed by atoms with van der Waals surface area (Å²) < 4.78 is 1.75. The summed E-state index contributed by atoms with van der Waals surface area (Å²) in [5, 5.41) is 8.08. The number of benzene rings is 1. The average molecular weight is 393 g/mol. The van der Waals surface area contributed by atoms with E-state index in [2.05, 4.69) is 20.3 Å². The second kappa shape index (κ2) is 7.28. The second-order valence-corrected chi connectivity index (χ2v) is 6.70.